The molecule has 3 N–H and O–H groups in total. The highest BCUT2D eigenvalue weighted by Crippen LogP contribution is 2.60. The van der Waals surface area contributed by atoms with Gasteiger partial charge in [0.15, 0.2) is 0 Å². The molecule has 0 saturated heterocycles. The first kappa shape index (κ1) is 29.6. The SMILES string of the molecule is C=C1CC[C@@](O)(F)CC1=CC=C1CCC[C@@]2(C)C1CC[C@@H]2C(CCCC(C)(C)O)CCCC(C)(C)O. The molecule has 3 saturated carbocycles. The van der Waals surface area contributed by atoms with Crippen LogP contribution in [0.3, 0.4) is 0 Å². The van der Waals surface area contributed by atoms with E-state index < -0.39 is 17.1 Å². The minimum Gasteiger partial charge on any atom is -0.390 e. The maximum Gasteiger partial charge on any atom is 0.211 e. The molecule has 3 nitrogen and oxygen atoms in total. The number of halogens is 1. The summed E-state index contributed by atoms with van der Waals surface area (Å²) in [5.41, 5.74) is 2.33. The molecule has 0 aromatic heterocycles. The van der Waals surface area contributed by atoms with Crippen molar-refractivity contribution in [3.05, 3.63) is 35.5 Å². The Kier molecular flexibility index (Phi) is 9.38. The Hall–Kier alpha value is -0.970. The third-order valence-corrected chi connectivity index (χ3v) is 9.56. The minimum absolute atomic E-state index is 0.0463. The van der Waals surface area contributed by atoms with Crippen molar-refractivity contribution in [2.45, 2.75) is 142 Å². The first-order valence-electron chi connectivity index (χ1n) is 14.5. The van der Waals surface area contributed by atoms with Gasteiger partial charge in [-0.3, -0.25) is 0 Å². The number of rotatable bonds is 10. The molecule has 3 aliphatic carbocycles. The molecule has 0 aromatic carbocycles. The fourth-order valence-corrected chi connectivity index (χ4v) is 7.59. The van der Waals surface area contributed by atoms with Gasteiger partial charge in [-0.25, -0.2) is 4.39 Å². The Labute approximate surface area is 220 Å². The summed E-state index contributed by atoms with van der Waals surface area (Å²) in [6.45, 7) is 14.2. The third kappa shape index (κ3) is 8.01. The zero-order valence-corrected chi connectivity index (χ0v) is 23.7. The van der Waals surface area contributed by atoms with Gasteiger partial charge in [-0.05, 0) is 108 Å². The van der Waals surface area contributed by atoms with Crippen molar-refractivity contribution in [1.82, 2.24) is 0 Å². The molecule has 0 spiro atoms. The summed E-state index contributed by atoms with van der Waals surface area (Å²) < 4.78 is 14.2. The van der Waals surface area contributed by atoms with E-state index in [1.54, 1.807) is 0 Å². The van der Waals surface area contributed by atoms with E-state index in [9.17, 15) is 19.7 Å². The highest BCUT2D eigenvalue weighted by Gasteiger charge is 2.51. The average Bonchev–Trinajstić information content (AvgIpc) is 3.09. The van der Waals surface area contributed by atoms with E-state index in [1.807, 2.05) is 33.8 Å². The molecule has 0 aliphatic heterocycles. The van der Waals surface area contributed by atoms with Crippen LogP contribution in [-0.4, -0.2) is 32.4 Å². The van der Waals surface area contributed by atoms with Gasteiger partial charge in [-0.2, -0.15) is 0 Å². The van der Waals surface area contributed by atoms with Crippen molar-refractivity contribution in [2.75, 3.05) is 0 Å². The Morgan fingerprint density at radius 3 is 2.19 bits per heavy atom. The Bertz CT molecular complexity index is 805. The number of allylic oxidation sites excluding steroid dienone is 4. The zero-order valence-electron chi connectivity index (χ0n) is 23.7. The van der Waals surface area contributed by atoms with Crippen LogP contribution in [0.25, 0.3) is 0 Å². The number of aliphatic hydroxyl groups is 3. The molecule has 4 heteroatoms. The van der Waals surface area contributed by atoms with Crippen molar-refractivity contribution in [3.63, 3.8) is 0 Å². The van der Waals surface area contributed by atoms with Crippen molar-refractivity contribution in [1.29, 1.82) is 0 Å². The average molecular weight is 505 g/mol. The van der Waals surface area contributed by atoms with Crippen LogP contribution in [0.2, 0.25) is 0 Å². The predicted molar refractivity (Wildman–Crippen MR) is 147 cm³/mol. The second kappa shape index (κ2) is 11.4. The van der Waals surface area contributed by atoms with E-state index in [2.05, 4.69) is 19.6 Å². The monoisotopic (exact) mass is 504 g/mol. The number of alkyl halides is 1. The molecule has 206 valence electrons. The number of hydrogen-bond donors (Lipinski definition) is 3. The first-order chi connectivity index (χ1) is 16.6. The quantitative estimate of drug-likeness (QED) is 0.283. The first-order valence-corrected chi connectivity index (χ1v) is 14.5. The molecule has 3 fully saturated rings. The van der Waals surface area contributed by atoms with Gasteiger partial charge in [0, 0.05) is 12.8 Å². The molecule has 36 heavy (non-hydrogen) atoms. The van der Waals surface area contributed by atoms with Gasteiger partial charge < -0.3 is 15.3 Å². The minimum atomic E-state index is -2.11. The molecule has 1 unspecified atom stereocenters. The van der Waals surface area contributed by atoms with Crippen molar-refractivity contribution in [2.24, 2.45) is 23.2 Å². The molecular formula is C32H53FO3. The van der Waals surface area contributed by atoms with Crippen molar-refractivity contribution >= 4 is 0 Å². The van der Waals surface area contributed by atoms with Crippen LogP contribution in [0, 0.1) is 23.2 Å². The van der Waals surface area contributed by atoms with Gasteiger partial charge in [-0.1, -0.05) is 62.5 Å². The predicted octanol–water partition coefficient (Wildman–Crippen LogP) is 7.95. The largest absolute Gasteiger partial charge is 0.390 e. The lowest BCUT2D eigenvalue weighted by Gasteiger charge is -2.45. The molecule has 3 rings (SSSR count). The smallest absolute Gasteiger partial charge is 0.211 e. The summed E-state index contributed by atoms with van der Waals surface area (Å²) in [7, 11) is 0. The van der Waals surface area contributed by atoms with Gasteiger partial charge in [-0.15, -0.1) is 0 Å². The summed E-state index contributed by atoms with van der Waals surface area (Å²) in [6, 6.07) is 0. The van der Waals surface area contributed by atoms with Gasteiger partial charge in [0.2, 0.25) is 5.85 Å². The molecule has 0 radical (unpaired) electrons. The number of hydrogen-bond acceptors (Lipinski definition) is 3. The van der Waals surface area contributed by atoms with Crippen LogP contribution in [0.5, 0.6) is 0 Å². The second-order valence-corrected chi connectivity index (χ2v) is 13.9. The third-order valence-electron chi connectivity index (χ3n) is 9.56. The van der Waals surface area contributed by atoms with E-state index in [1.165, 1.54) is 31.3 Å². The topological polar surface area (TPSA) is 60.7 Å². The van der Waals surface area contributed by atoms with Gasteiger partial charge in [0.05, 0.1) is 11.2 Å². The van der Waals surface area contributed by atoms with Crippen LogP contribution < -0.4 is 0 Å². The van der Waals surface area contributed by atoms with E-state index in [0.717, 1.165) is 56.1 Å². The fourth-order valence-electron chi connectivity index (χ4n) is 7.59. The van der Waals surface area contributed by atoms with Crippen LogP contribution in [0.4, 0.5) is 4.39 Å². The highest BCUT2D eigenvalue weighted by molar-refractivity contribution is 5.37. The summed E-state index contributed by atoms with van der Waals surface area (Å²) in [4.78, 5) is 0. The summed E-state index contributed by atoms with van der Waals surface area (Å²) in [5.74, 6) is -0.282. The highest BCUT2D eigenvalue weighted by atomic mass is 19.2. The van der Waals surface area contributed by atoms with Gasteiger partial charge in [0.25, 0.3) is 0 Å². The summed E-state index contributed by atoms with van der Waals surface area (Å²) in [5, 5.41) is 30.5. The Morgan fingerprint density at radius 1 is 1.00 bits per heavy atom. The molecule has 0 bridgehead atoms. The van der Waals surface area contributed by atoms with Crippen LogP contribution in [-0.2, 0) is 0 Å². The molecule has 0 amide bonds. The fraction of sp³-hybridized carbons (Fsp3) is 0.812. The molecule has 3 aliphatic rings. The summed E-state index contributed by atoms with van der Waals surface area (Å²) in [6.07, 6.45) is 17.0. The molecule has 0 heterocycles. The Balaban J connectivity index is 1.77. The van der Waals surface area contributed by atoms with Crippen molar-refractivity contribution < 1.29 is 19.7 Å². The summed E-state index contributed by atoms with van der Waals surface area (Å²) >= 11 is 0. The van der Waals surface area contributed by atoms with Crippen molar-refractivity contribution in [3.8, 4) is 0 Å². The molecule has 4 atom stereocenters. The lowest BCUT2D eigenvalue weighted by Crippen LogP contribution is -2.37. The maximum atomic E-state index is 14.2. The lowest BCUT2D eigenvalue weighted by molar-refractivity contribution is -0.0970. The Morgan fingerprint density at radius 2 is 1.61 bits per heavy atom. The molecular weight excluding hydrogens is 451 g/mol. The zero-order chi connectivity index (χ0) is 26.8. The van der Waals surface area contributed by atoms with Crippen LogP contribution in [0.1, 0.15) is 125 Å². The van der Waals surface area contributed by atoms with Gasteiger partial charge in [0.1, 0.15) is 0 Å². The van der Waals surface area contributed by atoms with E-state index in [-0.39, 0.29) is 18.3 Å². The maximum absolute atomic E-state index is 14.2. The normalized spacial score (nSPS) is 34.1. The van der Waals surface area contributed by atoms with Crippen LogP contribution in [0.15, 0.2) is 35.5 Å². The molecule has 0 aromatic rings. The van der Waals surface area contributed by atoms with E-state index >= 15 is 0 Å². The van der Waals surface area contributed by atoms with E-state index in [4.69, 9.17) is 0 Å². The number of fused-ring (bicyclic) bond motifs is 1. The second-order valence-electron chi connectivity index (χ2n) is 13.9. The van der Waals surface area contributed by atoms with Crippen LogP contribution >= 0.6 is 0 Å². The lowest BCUT2D eigenvalue weighted by atomic mass is 9.60. The van der Waals surface area contributed by atoms with Gasteiger partial charge >= 0.3 is 0 Å². The standard InChI is InChI=1S/C32H53FO3/c1-23-17-21-32(33,36)22-26(23)14-13-25-12-9-20-31(6)27(15-16-28(25)31)24(10-7-18-29(2,3)34)11-8-19-30(4,5)35/h13-14,24,27-28,34-36H,1,7-12,15-22H2,2-6H3/t27-,28?,31-,32+/m1/s1. The van der Waals surface area contributed by atoms with E-state index in [0.29, 0.717) is 24.2 Å².